The first-order valence-corrected chi connectivity index (χ1v) is 9.33. The monoisotopic (exact) mass is 342 g/mol. The van der Waals surface area contributed by atoms with Gasteiger partial charge in [0.15, 0.2) is 0 Å². The van der Waals surface area contributed by atoms with Gasteiger partial charge in [0.05, 0.1) is 12.2 Å². The Bertz CT molecular complexity index is 720. The Morgan fingerprint density at radius 3 is 2.72 bits per heavy atom. The van der Waals surface area contributed by atoms with Crippen LogP contribution in [0.2, 0.25) is 0 Å². The van der Waals surface area contributed by atoms with Gasteiger partial charge in [0.2, 0.25) is 5.95 Å². The molecule has 1 saturated heterocycles. The number of ether oxygens (including phenoxy) is 1. The molecule has 1 fully saturated rings. The minimum atomic E-state index is -0.177. The molecule has 4 rings (SSSR count). The normalized spacial score (nSPS) is 22.4. The van der Waals surface area contributed by atoms with E-state index in [4.69, 9.17) is 10.5 Å². The summed E-state index contributed by atoms with van der Waals surface area (Å²) in [5, 5.41) is 0. The molecule has 2 aliphatic heterocycles. The van der Waals surface area contributed by atoms with Gasteiger partial charge in [-0.25, -0.2) is 9.97 Å². The molecule has 1 spiro atoms. The molecule has 3 heterocycles. The largest absolute Gasteiger partial charge is 0.370 e. The second-order valence-corrected chi connectivity index (χ2v) is 7.51. The van der Waals surface area contributed by atoms with Crippen molar-refractivity contribution in [3.05, 3.63) is 28.6 Å². The molecule has 1 amide bonds. The van der Waals surface area contributed by atoms with E-state index in [9.17, 15) is 4.79 Å². The number of carbonyl (C=O) groups is 1. The summed E-state index contributed by atoms with van der Waals surface area (Å²) in [7, 11) is 0. The number of likely N-dealkylation sites (tertiary alicyclic amines) is 1. The first kappa shape index (κ1) is 16.5. The van der Waals surface area contributed by atoms with Crippen molar-refractivity contribution in [1.29, 1.82) is 0 Å². The Labute approximate surface area is 148 Å². The van der Waals surface area contributed by atoms with Crippen LogP contribution in [0.1, 0.15) is 60.8 Å². The lowest BCUT2D eigenvalue weighted by Gasteiger charge is -2.42. The zero-order valence-corrected chi connectivity index (χ0v) is 14.9. The standard InChI is InChI=1S/C19H26N4O2/c1-13-6-11-25-19(12-13)7-9-23(10-8-19)17(24)16-14-4-2-3-5-15(14)21-18(20)22-16/h12H,2-11H2,1H3,(H2,20,21,22). The van der Waals surface area contributed by atoms with Crippen LogP contribution in [0.4, 0.5) is 5.95 Å². The molecule has 1 aromatic heterocycles. The molecular weight excluding hydrogens is 316 g/mol. The summed E-state index contributed by atoms with van der Waals surface area (Å²) in [5.41, 5.74) is 9.57. The maximum atomic E-state index is 13.1. The molecule has 0 atom stereocenters. The van der Waals surface area contributed by atoms with Crippen molar-refractivity contribution in [3.63, 3.8) is 0 Å². The van der Waals surface area contributed by atoms with Crippen molar-refractivity contribution < 1.29 is 9.53 Å². The van der Waals surface area contributed by atoms with Gasteiger partial charge in [-0.15, -0.1) is 0 Å². The Morgan fingerprint density at radius 2 is 1.96 bits per heavy atom. The highest BCUT2D eigenvalue weighted by molar-refractivity contribution is 5.94. The summed E-state index contributed by atoms with van der Waals surface area (Å²) in [6.07, 6.45) is 8.92. The fraction of sp³-hybridized carbons (Fsp3) is 0.632. The number of amides is 1. The van der Waals surface area contributed by atoms with Gasteiger partial charge in [0.25, 0.3) is 5.91 Å². The van der Waals surface area contributed by atoms with Crippen LogP contribution in [0, 0.1) is 0 Å². The number of hydrogen-bond acceptors (Lipinski definition) is 5. The van der Waals surface area contributed by atoms with Gasteiger partial charge in [-0.1, -0.05) is 11.6 Å². The number of nitrogens with two attached hydrogens (primary N) is 1. The van der Waals surface area contributed by atoms with Crippen LogP contribution >= 0.6 is 0 Å². The topological polar surface area (TPSA) is 81.3 Å². The van der Waals surface area contributed by atoms with Gasteiger partial charge in [0.1, 0.15) is 5.69 Å². The van der Waals surface area contributed by atoms with E-state index in [1.807, 2.05) is 4.90 Å². The number of aromatic nitrogens is 2. The summed E-state index contributed by atoms with van der Waals surface area (Å²) < 4.78 is 6.06. The molecule has 6 heteroatoms. The fourth-order valence-corrected chi connectivity index (χ4v) is 4.29. The zero-order valence-electron chi connectivity index (χ0n) is 14.9. The molecule has 0 saturated carbocycles. The predicted molar refractivity (Wildman–Crippen MR) is 95.3 cm³/mol. The SMILES string of the molecule is CC1=CC2(CCN(C(=O)c3nc(N)nc4c3CCCC4)CC2)OCC1. The summed E-state index contributed by atoms with van der Waals surface area (Å²) in [6, 6.07) is 0. The number of nitrogens with zero attached hydrogens (tertiary/aromatic N) is 3. The lowest BCUT2D eigenvalue weighted by Crippen LogP contribution is -2.48. The minimum Gasteiger partial charge on any atom is -0.370 e. The van der Waals surface area contributed by atoms with Crippen LogP contribution < -0.4 is 5.73 Å². The highest BCUT2D eigenvalue weighted by Gasteiger charge is 2.37. The molecule has 6 nitrogen and oxygen atoms in total. The van der Waals surface area contributed by atoms with Crippen molar-refractivity contribution in [2.24, 2.45) is 0 Å². The van der Waals surface area contributed by atoms with E-state index in [1.54, 1.807) is 0 Å². The Kier molecular flexibility index (Phi) is 4.23. The van der Waals surface area contributed by atoms with Gasteiger partial charge in [-0.2, -0.15) is 0 Å². The lowest BCUT2D eigenvalue weighted by atomic mass is 9.86. The van der Waals surface area contributed by atoms with E-state index in [0.29, 0.717) is 18.8 Å². The summed E-state index contributed by atoms with van der Waals surface area (Å²) in [6.45, 7) is 4.34. The molecule has 0 aromatic carbocycles. The van der Waals surface area contributed by atoms with Crippen LogP contribution in [-0.4, -0.2) is 46.1 Å². The summed E-state index contributed by atoms with van der Waals surface area (Å²) in [5.74, 6) is 0.213. The van der Waals surface area contributed by atoms with Gasteiger partial charge in [0, 0.05) is 24.3 Å². The van der Waals surface area contributed by atoms with Crippen molar-refractivity contribution in [1.82, 2.24) is 14.9 Å². The number of fused-ring (bicyclic) bond motifs is 1. The van der Waals surface area contributed by atoms with Crippen molar-refractivity contribution in [3.8, 4) is 0 Å². The molecule has 1 aromatic rings. The van der Waals surface area contributed by atoms with E-state index >= 15 is 0 Å². The minimum absolute atomic E-state index is 0.00129. The first-order valence-electron chi connectivity index (χ1n) is 9.33. The number of hydrogen-bond donors (Lipinski definition) is 1. The predicted octanol–water partition coefficient (Wildman–Crippen LogP) is 2.28. The van der Waals surface area contributed by atoms with Gasteiger partial charge in [-0.3, -0.25) is 4.79 Å². The van der Waals surface area contributed by atoms with Crippen LogP contribution in [0.15, 0.2) is 11.6 Å². The summed E-state index contributed by atoms with van der Waals surface area (Å²) in [4.78, 5) is 23.6. The molecule has 2 N–H and O–H groups in total. The number of rotatable bonds is 1. The quantitative estimate of drug-likeness (QED) is 0.792. The average molecular weight is 342 g/mol. The van der Waals surface area contributed by atoms with E-state index < -0.39 is 0 Å². The molecular formula is C19H26N4O2. The number of nitrogen functional groups attached to an aromatic ring is 1. The Morgan fingerprint density at radius 1 is 1.20 bits per heavy atom. The second-order valence-electron chi connectivity index (χ2n) is 7.51. The van der Waals surface area contributed by atoms with Crippen LogP contribution in [0.25, 0.3) is 0 Å². The smallest absolute Gasteiger partial charge is 0.272 e. The molecule has 134 valence electrons. The van der Waals surface area contributed by atoms with E-state index in [-0.39, 0.29) is 17.5 Å². The molecule has 0 bridgehead atoms. The molecule has 1 aliphatic carbocycles. The number of piperidine rings is 1. The molecule has 0 unspecified atom stereocenters. The van der Waals surface area contributed by atoms with Crippen LogP contribution in [0.5, 0.6) is 0 Å². The fourth-order valence-electron chi connectivity index (χ4n) is 4.29. The van der Waals surface area contributed by atoms with Gasteiger partial charge >= 0.3 is 0 Å². The Balaban J connectivity index is 1.53. The Hall–Kier alpha value is -1.95. The van der Waals surface area contributed by atoms with E-state index in [1.165, 1.54) is 5.57 Å². The first-order chi connectivity index (χ1) is 12.1. The number of anilines is 1. The van der Waals surface area contributed by atoms with Crippen LogP contribution in [0.3, 0.4) is 0 Å². The maximum Gasteiger partial charge on any atom is 0.272 e. The number of carbonyl (C=O) groups excluding carboxylic acids is 1. The molecule has 25 heavy (non-hydrogen) atoms. The zero-order chi connectivity index (χ0) is 17.4. The lowest BCUT2D eigenvalue weighted by molar-refractivity contribution is -0.0522. The van der Waals surface area contributed by atoms with Crippen molar-refractivity contribution >= 4 is 11.9 Å². The second kappa shape index (κ2) is 6.41. The third-order valence-electron chi connectivity index (χ3n) is 5.70. The highest BCUT2D eigenvalue weighted by Crippen LogP contribution is 2.34. The third kappa shape index (κ3) is 3.15. The van der Waals surface area contributed by atoms with Gasteiger partial charge < -0.3 is 15.4 Å². The van der Waals surface area contributed by atoms with E-state index in [0.717, 1.165) is 62.8 Å². The molecule has 3 aliphatic rings. The molecule has 0 radical (unpaired) electrons. The van der Waals surface area contributed by atoms with Crippen molar-refractivity contribution in [2.75, 3.05) is 25.4 Å². The summed E-state index contributed by atoms with van der Waals surface area (Å²) >= 11 is 0. The van der Waals surface area contributed by atoms with Crippen molar-refractivity contribution in [2.45, 2.75) is 57.5 Å². The number of aryl methyl sites for hydroxylation is 1. The van der Waals surface area contributed by atoms with Crippen LogP contribution in [-0.2, 0) is 17.6 Å². The average Bonchev–Trinajstić information content (AvgIpc) is 2.61. The third-order valence-corrected chi connectivity index (χ3v) is 5.70. The van der Waals surface area contributed by atoms with Gasteiger partial charge in [-0.05, 0) is 51.9 Å². The maximum absolute atomic E-state index is 13.1. The van der Waals surface area contributed by atoms with E-state index in [2.05, 4.69) is 23.0 Å². The highest BCUT2D eigenvalue weighted by atomic mass is 16.5.